The highest BCUT2D eigenvalue weighted by atomic mass is 16.5. The fourth-order valence-corrected chi connectivity index (χ4v) is 1.62. The second-order valence-corrected chi connectivity index (χ2v) is 3.86. The maximum absolute atomic E-state index is 10.9. The van der Waals surface area contributed by atoms with E-state index in [1.54, 1.807) is 0 Å². The third-order valence-electron chi connectivity index (χ3n) is 2.53. The Labute approximate surface area is 90.3 Å². The number of nitrogens with two attached hydrogens (primary N) is 1. The Morgan fingerprint density at radius 1 is 1.60 bits per heavy atom. The van der Waals surface area contributed by atoms with E-state index in [0.717, 1.165) is 26.1 Å². The number of amides is 1. The van der Waals surface area contributed by atoms with Crippen LogP contribution in [0.5, 0.6) is 0 Å². The molecule has 1 aliphatic rings. The lowest BCUT2D eigenvalue weighted by atomic mass is 10.1. The lowest BCUT2D eigenvalue weighted by Crippen LogP contribution is -2.31. The quantitative estimate of drug-likeness (QED) is 0.395. The number of hydrogen-bond donors (Lipinski definition) is 2. The first-order valence-corrected chi connectivity index (χ1v) is 5.45. The predicted octanol–water partition coefficient (Wildman–Crippen LogP) is 0.341. The monoisotopic (exact) mass is 216 g/mol. The molecule has 1 heterocycles. The van der Waals surface area contributed by atoms with E-state index < -0.39 is 0 Å². The van der Waals surface area contributed by atoms with Crippen LogP contribution in [0, 0.1) is 0 Å². The molecule has 1 fully saturated rings. The van der Waals surface area contributed by atoms with Crippen molar-refractivity contribution in [3.05, 3.63) is 0 Å². The van der Waals surface area contributed by atoms with Crippen LogP contribution in [0.1, 0.15) is 32.6 Å². The van der Waals surface area contributed by atoms with Crippen LogP contribution in [0.2, 0.25) is 0 Å². The Bertz CT molecular complexity index is 193. The first kappa shape index (κ1) is 12.4. The van der Waals surface area contributed by atoms with Crippen LogP contribution >= 0.6 is 0 Å². The van der Waals surface area contributed by atoms with Gasteiger partial charge in [-0.1, -0.05) is 0 Å². The van der Waals surface area contributed by atoms with Gasteiger partial charge < -0.3 is 9.47 Å². The smallest absolute Gasteiger partial charge is 0.233 e. The maximum Gasteiger partial charge on any atom is 0.233 e. The van der Waals surface area contributed by atoms with Crippen molar-refractivity contribution in [2.75, 3.05) is 13.2 Å². The molecule has 0 spiro atoms. The summed E-state index contributed by atoms with van der Waals surface area (Å²) in [6, 6.07) is 0. The maximum atomic E-state index is 10.9. The number of rotatable bonds is 5. The van der Waals surface area contributed by atoms with Crippen molar-refractivity contribution in [1.82, 2.24) is 5.43 Å². The van der Waals surface area contributed by atoms with Crippen LogP contribution < -0.4 is 11.3 Å². The predicted molar refractivity (Wildman–Crippen MR) is 56.0 cm³/mol. The molecule has 1 atom stereocenters. The zero-order valence-electron chi connectivity index (χ0n) is 9.20. The highest BCUT2D eigenvalue weighted by Crippen LogP contribution is 2.14. The SMILES string of the molecule is CC(CCC(=O)NN)OC1CCOCC1. The molecule has 1 saturated heterocycles. The highest BCUT2D eigenvalue weighted by molar-refractivity contribution is 5.75. The summed E-state index contributed by atoms with van der Waals surface area (Å²) in [5.74, 6) is 4.84. The van der Waals surface area contributed by atoms with Gasteiger partial charge in [-0.15, -0.1) is 0 Å². The molecule has 15 heavy (non-hydrogen) atoms. The van der Waals surface area contributed by atoms with E-state index in [1.807, 2.05) is 6.92 Å². The molecule has 0 radical (unpaired) electrons. The van der Waals surface area contributed by atoms with Gasteiger partial charge in [0.05, 0.1) is 12.2 Å². The second kappa shape index (κ2) is 6.76. The first-order chi connectivity index (χ1) is 7.22. The van der Waals surface area contributed by atoms with E-state index in [-0.39, 0.29) is 18.1 Å². The summed E-state index contributed by atoms with van der Waals surface area (Å²) in [6.45, 7) is 3.54. The molecule has 0 aromatic heterocycles. The van der Waals surface area contributed by atoms with Gasteiger partial charge >= 0.3 is 0 Å². The Hall–Kier alpha value is -0.650. The summed E-state index contributed by atoms with van der Waals surface area (Å²) in [7, 11) is 0. The van der Waals surface area contributed by atoms with Crippen molar-refractivity contribution in [3.8, 4) is 0 Å². The van der Waals surface area contributed by atoms with Crippen LogP contribution in [0.15, 0.2) is 0 Å². The third kappa shape index (κ3) is 5.11. The summed E-state index contributed by atoms with van der Waals surface area (Å²) in [4.78, 5) is 10.9. The summed E-state index contributed by atoms with van der Waals surface area (Å²) in [5, 5.41) is 0. The number of nitrogens with one attached hydrogen (secondary N) is 1. The molecular weight excluding hydrogens is 196 g/mol. The van der Waals surface area contributed by atoms with Crippen LogP contribution in [-0.2, 0) is 14.3 Å². The van der Waals surface area contributed by atoms with Crippen molar-refractivity contribution >= 4 is 5.91 Å². The van der Waals surface area contributed by atoms with Crippen molar-refractivity contribution < 1.29 is 14.3 Å². The van der Waals surface area contributed by atoms with Crippen LogP contribution in [0.3, 0.4) is 0 Å². The Morgan fingerprint density at radius 3 is 2.87 bits per heavy atom. The highest BCUT2D eigenvalue weighted by Gasteiger charge is 2.17. The van der Waals surface area contributed by atoms with Crippen LogP contribution in [0.25, 0.3) is 0 Å². The minimum absolute atomic E-state index is 0.102. The molecule has 0 aromatic carbocycles. The molecule has 0 aromatic rings. The van der Waals surface area contributed by atoms with Gasteiger partial charge in [-0.05, 0) is 26.2 Å². The van der Waals surface area contributed by atoms with E-state index >= 15 is 0 Å². The lowest BCUT2D eigenvalue weighted by molar-refractivity contribution is -0.122. The van der Waals surface area contributed by atoms with Gasteiger partial charge in [0.15, 0.2) is 0 Å². The molecule has 0 bridgehead atoms. The number of ether oxygens (including phenoxy) is 2. The summed E-state index contributed by atoms with van der Waals surface area (Å²) in [5.41, 5.74) is 2.11. The molecule has 1 aliphatic heterocycles. The fourth-order valence-electron chi connectivity index (χ4n) is 1.62. The summed E-state index contributed by atoms with van der Waals surface area (Å²) < 4.78 is 11.0. The Balaban J connectivity index is 2.11. The van der Waals surface area contributed by atoms with Crippen molar-refractivity contribution in [1.29, 1.82) is 0 Å². The van der Waals surface area contributed by atoms with Crippen molar-refractivity contribution in [2.45, 2.75) is 44.8 Å². The average molecular weight is 216 g/mol. The van der Waals surface area contributed by atoms with Crippen LogP contribution in [-0.4, -0.2) is 31.3 Å². The molecular formula is C10H20N2O3. The van der Waals surface area contributed by atoms with Crippen molar-refractivity contribution in [2.24, 2.45) is 5.84 Å². The zero-order chi connectivity index (χ0) is 11.1. The lowest BCUT2D eigenvalue weighted by Gasteiger charge is -2.25. The summed E-state index contributed by atoms with van der Waals surface area (Å²) in [6.07, 6.45) is 3.42. The van der Waals surface area contributed by atoms with E-state index in [4.69, 9.17) is 15.3 Å². The van der Waals surface area contributed by atoms with E-state index in [9.17, 15) is 4.79 Å². The van der Waals surface area contributed by atoms with E-state index in [2.05, 4.69) is 5.43 Å². The van der Waals surface area contributed by atoms with Gasteiger partial charge in [0.1, 0.15) is 0 Å². The zero-order valence-corrected chi connectivity index (χ0v) is 9.20. The molecule has 0 aliphatic carbocycles. The molecule has 1 unspecified atom stereocenters. The molecule has 88 valence electrons. The van der Waals surface area contributed by atoms with Gasteiger partial charge in [0.2, 0.25) is 5.91 Å². The van der Waals surface area contributed by atoms with Gasteiger partial charge in [0, 0.05) is 19.6 Å². The van der Waals surface area contributed by atoms with Gasteiger partial charge in [-0.25, -0.2) is 5.84 Å². The third-order valence-corrected chi connectivity index (χ3v) is 2.53. The topological polar surface area (TPSA) is 73.6 Å². The molecule has 5 nitrogen and oxygen atoms in total. The second-order valence-electron chi connectivity index (χ2n) is 3.86. The number of carbonyl (C=O) groups excluding carboxylic acids is 1. The summed E-state index contributed by atoms with van der Waals surface area (Å²) >= 11 is 0. The molecule has 0 saturated carbocycles. The number of carbonyl (C=O) groups is 1. The van der Waals surface area contributed by atoms with Gasteiger partial charge in [-0.2, -0.15) is 0 Å². The standard InChI is InChI=1S/C10H20N2O3/c1-8(2-3-10(13)12-11)15-9-4-6-14-7-5-9/h8-9H,2-7,11H2,1H3,(H,12,13). The number of hydrazine groups is 1. The van der Waals surface area contributed by atoms with Crippen LogP contribution in [0.4, 0.5) is 0 Å². The molecule has 3 N–H and O–H groups in total. The molecule has 1 rings (SSSR count). The van der Waals surface area contributed by atoms with Gasteiger partial charge in [0.25, 0.3) is 0 Å². The van der Waals surface area contributed by atoms with Gasteiger partial charge in [-0.3, -0.25) is 10.2 Å². The van der Waals surface area contributed by atoms with E-state index in [1.165, 1.54) is 0 Å². The van der Waals surface area contributed by atoms with Crippen molar-refractivity contribution in [3.63, 3.8) is 0 Å². The average Bonchev–Trinajstić information content (AvgIpc) is 2.27. The van der Waals surface area contributed by atoms with E-state index in [0.29, 0.717) is 12.8 Å². The number of hydrogen-bond acceptors (Lipinski definition) is 4. The normalized spacial score (nSPS) is 19.9. The molecule has 1 amide bonds. The largest absolute Gasteiger partial charge is 0.381 e. The Kier molecular flexibility index (Phi) is 5.60. The Morgan fingerprint density at radius 2 is 2.27 bits per heavy atom. The fraction of sp³-hybridized carbons (Fsp3) is 0.900. The first-order valence-electron chi connectivity index (χ1n) is 5.45. The minimum Gasteiger partial charge on any atom is -0.381 e. The molecule has 5 heteroatoms. The minimum atomic E-state index is -0.141.